The molecule has 0 bridgehead atoms. The van der Waals surface area contributed by atoms with E-state index >= 15 is 0 Å². The van der Waals surface area contributed by atoms with Crippen LogP contribution in [0.1, 0.15) is 30.5 Å². The number of aromatic nitrogens is 5. The van der Waals surface area contributed by atoms with Gasteiger partial charge in [-0.2, -0.15) is 9.61 Å². The molecule has 0 atom stereocenters. The Morgan fingerprint density at radius 2 is 2.03 bits per heavy atom. The van der Waals surface area contributed by atoms with Gasteiger partial charge in [0.05, 0.1) is 30.7 Å². The van der Waals surface area contributed by atoms with Crippen LogP contribution >= 0.6 is 0 Å². The highest BCUT2D eigenvalue weighted by Gasteiger charge is 2.26. The van der Waals surface area contributed by atoms with E-state index in [9.17, 15) is 9.59 Å². The van der Waals surface area contributed by atoms with Crippen LogP contribution in [0.15, 0.2) is 30.2 Å². The van der Waals surface area contributed by atoms with Crippen LogP contribution < -0.4 is 15.5 Å². The lowest BCUT2D eigenvalue weighted by atomic mass is 10.1. The number of fused-ring (bicyclic) bond motifs is 1. The molecule has 3 aromatic rings. The second kappa shape index (κ2) is 6.90. The molecule has 0 aromatic carbocycles. The standard InChI is InChI=1S/C20H20N8O2/c1-11-8-22-17(10-21-11)27(2)15-7-16(24-14-3-4-14)28-19(25-15)13(9-23-28)5-12-6-18(29)26-20(12)30/h5,7-10,14,24H,3-4,6H2,1-2H3,(H,26,29,30)/b12-5+. The number of hydrogen-bond acceptors (Lipinski definition) is 8. The van der Waals surface area contributed by atoms with E-state index in [-0.39, 0.29) is 18.2 Å². The first-order chi connectivity index (χ1) is 14.5. The van der Waals surface area contributed by atoms with E-state index in [0.717, 1.165) is 24.4 Å². The fourth-order valence-corrected chi connectivity index (χ4v) is 3.27. The molecule has 3 aromatic heterocycles. The van der Waals surface area contributed by atoms with E-state index in [1.54, 1.807) is 29.2 Å². The topological polar surface area (TPSA) is 117 Å². The third-order valence-corrected chi connectivity index (χ3v) is 5.09. The fraction of sp³-hybridized carbons (Fsp3) is 0.300. The summed E-state index contributed by atoms with van der Waals surface area (Å²) in [5.74, 6) is 1.45. The summed E-state index contributed by atoms with van der Waals surface area (Å²) >= 11 is 0. The highest BCUT2D eigenvalue weighted by molar-refractivity contribution is 6.15. The lowest BCUT2D eigenvalue weighted by Gasteiger charge is -2.19. The zero-order valence-electron chi connectivity index (χ0n) is 16.6. The molecule has 10 heteroatoms. The largest absolute Gasteiger partial charge is 0.367 e. The van der Waals surface area contributed by atoms with Gasteiger partial charge >= 0.3 is 0 Å². The Bertz CT molecular complexity index is 1190. The van der Waals surface area contributed by atoms with Crippen molar-refractivity contribution in [3.63, 3.8) is 0 Å². The van der Waals surface area contributed by atoms with Gasteiger partial charge in [-0.05, 0) is 25.8 Å². The lowest BCUT2D eigenvalue weighted by Crippen LogP contribution is -2.19. The predicted molar refractivity (Wildman–Crippen MR) is 110 cm³/mol. The Morgan fingerprint density at radius 3 is 2.70 bits per heavy atom. The summed E-state index contributed by atoms with van der Waals surface area (Å²) in [4.78, 5) is 38.8. The van der Waals surface area contributed by atoms with Crippen molar-refractivity contribution in [2.75, 3.05) is 17.3 Å². The molecule has 1 aliphatic heterocycles. The fourth-order valence-electron chi connectivity index (χ4n) is 3.27. The van der Waals surface area contributed by atoms with Crippen molar-refractivity contribution in [2.24, 2.45) is 0 Å². The molecule has 1 saturated carbocycles. The van der Waals surface area contributed by atoms with Crippen molar-refractivity contribution in [3.8, 4) is 0 Å². The number of amides is 2. The molecule has 5 rings (SSSR count). The van der Waals surface area contributed by atoms with Crippen LogP contribution in [0.2, 0.25) is 0 Å². The number of nitrogens with one attached hydrogen (secondary N) is 2. The molecule has 2 N–H and O–H groups in total. The summed E-state index contributed by atoms with van der Waals surface area (Å²) in [6.45, 7) is 1.88. The zero-order chi connectivity index (χ0) is 20.8. The second-order valence-corrected chi connectivity index (χ2v) is 7.55. The monoisotopic (exact) mass is 404 g/mol. The molecule has 2 fully saturated rings. The van der Waals surface area contributed by atoms with E-state index in [2.05, 4.69) is 25.7 Å². The Hall–Kier alpha value is -3.82. The average molecular weight is 404 g/mol. The van der Waals surface area contributed by atoms with Crippen molar-refractivity contribution in [1.82, 2.24) is 29.9 Å². The average Bonchev–Trinajstić information content (AvgIpc) is 3.36. The van der Waals surface area contributed by atoms with Crippen LogP contribution in [0.3, 0.4) is 0 Å². The maximum Gasteiger partial charge on any atom is 0.254 e. The van der Waals surface area contributed by atoms with Gasteiger partial charge in [-0.25, -0.2) is 9.97 Å². The minimum absolute atomic E-state index is 0.0574. The van der Waals surface area contributed by atoms with Gasteiger partial charge in [-0.15, -0.1) is 0 Å². The number of carbonyl (C=O) groups excluding carboxylic acids is 2. The quantitative estimate of drug-likeness (QED) is 0.486. The first-order valence-electron chi connectivity index (χ1n) is 9.70. The molecule has 30 heavy (non-hydrogen) atoms. The van der Waals surface area contributed by atoms with E-state index in [1.807, 2.05) is 24.9 Å². The van der Waals surface area contributed by atoms with E-state index in [0.29, 0.717) is 34.5 Å². The zero-order valence-corrected chi connectivity index (χ0v) is 16.6. The lowest BCUT2D eigenvalue weighted by molar-refractivity contribution is -0.124. The van der Waals surface area contributed by atoms with Gasteiger partial charge in [0, 0.05) is 30.3 Å². The molecule has 0 unspecified atom stereocenters. The molecular weight excluding hydrogens is 384 g/mol. The predicted octanol–water partition coefficient (Wildman–Crippen LogP) is 1.60. The molecule has 0 radical (unpaired) electrons. The van der Waals surface area contributed by atoms with E-state index in [1.165, 1.54) is 0 Å². The van der Waals surface area contributed by atoms with Gasteiger partial charge in [-0.3, -0.25) is 19.9 Å². The summed E-state index contributed by atoms with van der Waals surface area (Å²) in [7, 11) is 1.87. The minimum Gasteiger partial charge on any atom is -0.367 e. The SMILES string of the molecule is Cc1cnc(N(C)c2cc(NC3CC3)n3ncc(/C=C4\CC(=O)NC4=O)c3n2)cn1. The van der Waals surface area contributed by atoms with Crippen molar-refractivity contribution < 1.29 is 9.59 Å². The maximum atomic E-state index is 12.0. The number of imide groups is 1. The summed E-state index contributed by atoms with van der Waals surface area (Å²) in [6.07, 6.45) is 9.01. The van der Waals surface area contributed by atoms with Gasteiger partial charge in [0.2, 0.25) is 5.91 Å². The Balaban J connectivity index is 1.60. The normalized spacial score (nSPS) is 17.6. The molecule has 1 saturated heterocycles. The van der Waals surface area contributed by atoms with Crippen LogP contribution in [0.5, 0.6) is 0 Å². The van der Waals surface area contributed by atoms with Crippen LogP contribution in [0.25, 0.3) is 11.7 Å². The van der Waals surface area contributed by atoms with Crippen molar-refractivity contribution in [1.29, 1.82) is 0 Å². The Morgan fingerprint density at radius 1 is 1.20 bits per heavy atom. The molecule has 4 heterocycles. The first kappa shape index (κ1) is 18.2. The summed E-state index contributed by atoms with van der Waals surface area (Å²) in [6, 6.07) is 2.33. The minimum atomic E-state index is -0.376. The van der Waals surface area contributed by atoms with Crippen molar-refractivity contribution in [3.05, 3.63) is 41.5 Å². The van der Waals surface area contributed by atoms with Crippen molar-refractivity contribution in [2.45, 2.75) is 32.2 Å². The number of hydrogen-bond donors (Lipinski definition) is 2. The third kappa shape index (κ3) is 3.36. The van der Waals surface area contributed by atoms with Crippen molar-refractivity contribution >= 4 is 41.0 Å². The van der Waals surface area contributed by atoms with Crippen LogP contribution in [-0.2, 0) is 9.59 Å². The van der Waals surface area contributed by atoms with Gasteiger partial charge in [0.1, 0.15) is 11.6 Å². The van der Waals surface area contributed by atoms with E-state index < -0.39 is 0 Å². The van der Waals surface area contributed by atoms with Gasteiger partial charge < -0.3 is 10.2 Å². The number of nitrogens with zero attached hydrogens (tertiary/aromatic N) is 6. The second-order valence-electron chi connectivity index (χ2n) is 7.55. The van der Waals surface area contributed by atoms with Crippen LogP contribution in [-0.4, -0.2) is 49.5 Å². The molecular formula is C20H20N8O2. The number of anilines is 3. The number of carbonyl (C=O) groups is 2. The maximum absolute atomic E-state index is 12.0. The van der Waals surface area contributed by atoms with Gasteiger partial charge in [-0.1, -0.05) is 0 Å². The molecule has 2 amide bonds. The summed E-state index contributed by atoms with van der Waals surface area (Å²) in [5, 5.41) is 10.2. The third-order valence-electron chi connectivity index (χ3n) is 5.09. The van der Waals surface area contributed by atoms with Crippen LogP contribution in [0, 0.1) is 6.92 Å². The molecule has 1 aliphatic carbocycles. The van der Waals surface area contributed by atoms with Crippen LogP contribution in [0.4, 0.5) is 17.5 Å². The smallest absolute Gasteiger partial charge is 0.254 e. The first-order valence-corrected chi connectivity index (χ1v) is 9.70. The molecule has 0 spiro atoms. The summed E-state index contributed by atoms with van der Waals surface area (Å²) in [5.41, 5.74) is 2.48. The Kier molecular flexibility index (Phi) is 4.19. The van der Waals surface area contributed by atoms with E-state index in [4.69, 9.17) is 4.98 Å². The highest BCUT2D eigenvalue weighted by atomic mass is 16.2. The molecule has 2 aliphatic rings. The molecule has 10 nitrogen and oxygen atoms in total. The summed E-state index contributed by atoms with van der Waals surface area (Å²) < 4.78 is 1.72. The van der Waals surface area contributed by atoms with Gasteiger partial charge in [0.15, 0.2) is 11.5 Å². The highest BCUT2D eigenvalue weighted by Crippen LogP contribution is 2.30. The molecule has 152 valence electrons. The number of rotatable bonds is 5. The van der Waals surface area contributed by atoms with Gasteiger partial charge in [0.25, 0.3) is 5.91 Å². The Labute approximate surface area is 172 Å². The number of aryl methyl sites for hydroxylation is 1.